The van der Waals surface area contributed by atoms with Gasteiger partial charge in [-0.15, -0.1) is 11.8 Å². The molecular formula is C12H15NS. The first kappa shape index (κ1) is 9.66. The Bertz CT molecular complexity index is 443. The van der Waals surface area contributed by atoms with Crippen LogP contribution in [-0.4, -0.2) is 9.82 Å². The van der Waals surface area contributed by atoms with Crippen molar-refractivity contribution < 1.29 is 0 Å². The van der Waals surface area contributed by atoms with E-state index in [9.17, 15) is 0 Å². The Morgan fingerprint density at radius 1 is 1.21 bits per heavy atom. The second-order valence-corrected chi connectivity index (χ2v) is 5.41. The molecule has 14 heavy (non-hydrogen) atoms. The van der Waals surface area contributed by atoms with Crippen molar-refractivity contribution in [2.24, 2.45) is 7.05 Å². The molecule has 0 N–H and O–H groups in total. The van der Waals surface area contributed by atoms with Crippen LogP contribution in [0.3, 0.4) is 0 Å². The molecule has 0 saturated heterocycles. The molecule has 1 nitrogen and oxygen atoms in total. The summed E-state index contributed by atoms with van der Waals surface area (Å²) in [5.74, 6) is 0. The van der Waals surface area contributed by atoms with Crippen molar-refractivity contribution in [1.29, 1.82) is 0 Å². The molecule has 1 aromatic carbocycles. The number of nitrogens with zero attached hydrogens (tertiary/aromatic N) is 1. The van der Waals surface area contributed by atoms with Crippen LogP contribution in [0, 0.1) is 0 Å². The standard InChI is InChI=1S/C12H15NS/c1-9(2)14-12-8-13(3)11-7-5-4-6-10(11)12/h4-9H,1-3H3. The Morgan fingerprint density at radius 3 is 2.64 bits per heavy atom. The van der Waals surface area contributed by atoms with Gasteiger partial charge in [0.15, 0.2) is 0 Å². The van der Waals surface area contributed by atoms with Gasteiger partial charge in [0, 0.05) is 34.3 Å². The molecule has 2 aromatic rings. The number of para-hydroxylation sites is 1. The van der Waals surface area contributed by atoms with Crippen LogP contribution in [0.15, 0.2) is 35.4 Å². The lowest BCUT2D eigenvalue weighted by Gasteiger charge is -2.01. The van der Waals surface area contributed by atoms with E-state index < -0.39 is 0 Å². The summed E-state index contributed by atoms with van der Waals surface area (Å²) in [4.78, 5) is 1.39. The first-order chi connectivity index (χ1) is 6.68. The van der Waals surface area contributed by atoms with Crippen LogP contribution in [0.1, 0.15) is 13.8 Å². The van der Waals surface area contributed by atoms with E-state index in [1.807, 2.05) is 11.8 Å². The number of rotatable bonds is 2. The predicted octanol–water partition coefficient (Wildman–Crippen LogP) is 3.68. The molecule has 0 bridgehead atoms. The van der Waals surface area contributed by atoms with Gasteiger partial charge in [-0.2, -0.15) is 0 Å². The molecule has 2 heteroatoms. The molecule has 0 saturated carbocycles. The second-order valence-electron chi connectivity index (χ2n) is 3.79. The second kappa shape index (κ2) is 3.70. The van der Waals surface area contributed by atoms with Crippen LogP contribution >= 0.6 is 11.8 Å². The fourth-order valence-corrected chi connectivity index (χ4v) is 2.68. The van der Waals surface area contributed by atoms with Gasteiger partial charge in [-0.3, -0.25) is 0 Å². The summed E-state index contributed by atoms with van der Waals surface area (Å²) >= 11 is 1.93. The van der Waals surface area contributed by atoms with Gasteiger partial charge in [0.25, 0.3) is 0 Å². The average Bonchev–Trinajstić information content (AvgIpc) is 2.44. The Labute approximate surface area is 89.1 Å². The zero-order valence-electron chi connectivity index (χ0n) is 8.82. The Balaban J connectivity index is 2.55. The van der Waals surface area contributed by atoms with Crippen molar-refractivity contribution >= 4 is 22.7 Å². The first-order valence-electron chi connectivity index (χ1n) is 4.89. The van der Waals surface area contributed by atoms with Crippen molar-refractivity contribution in [2.75, 3.05) is 0 Å². The van der Waals surface area contributed by atoms with Crippen LogP contribution in [-0.2, 0) is 7.05 Å². The fraction of sp³-hybridized carbons (Fsp3) is 0.333. The normalized spacial score (nSPS) is 11.4. The number of benzene rings is 1. The van der Waals surface area contributed by atoms with Crippen LogP contribution in [0.5, 0.6) is 0 Å². The van der Waals surface area contributed by atoms with Gasteiger partial charge in [-0.05, 0) is 6.07 Å². The Kier molecular flexibility index (Phi) is 2.55. The molecule has 74 valence electrons. The molecule has 2 rings (SSSR count). The van der Waals surface area contributed by atoms with Crippen LogP contribution in [0.4, 0.5) is 0 Å². The lowest BCUT2D eigenvalue weighted by molar-refractivity contribution is 0.956. The highest BCUT2D eigenvalue weighted by atomic mass is 32.2. The number of aromatic nitrogens is 1. The summed E-state index contributed by atoms with van der Waals surface area (Å²) in [5.41, 5.74) is 1.32. The van der Waals surface area contributed by atoms with Crippen LogP contribution in [0.2, 0.25) is 0 Å². The highest BCUT2D eigenvalue weighted by Gasteiger charge is 2.07. The van der Waals surface area contributed by atoms with Gasteiger partial charge in [-0.1, -0.05) is 32.0 Å². The first-order valence-corrected chi connectivity index (χ1v) is 5.77. The highest BCUT2D eigenvalue weighted by molar-refractivity contribution is 8.00. The van der Waals surface area contributed by atoms with Gasteiger partial charge >= 0.3 is 0 Å². The molecule has 0 aliphatic heterocycles. The lowest BCUT2D eigenvalue weighted by atomic mass is 10.2. The molecule has 0 unspecified atom stereocenters. The Morgan fingerprint density at radius 2 is 1.93 bits per heavy atom. The maximum absolute atomic E-state index is 2.23. The maximum Gasteiger partial charge on any atom is 0.0489 e. The van der Waals surface area contributed by atoms with Gasteiger partial charge < -0.3 is 4.57 Å². The number of fused-ring (bicyclic) bond motifs is 1. The van der Waals surface area contributed by atoms with Gasteiger partial charge in [0.1, 0.15) is 0 Å². The summed E-state index contributed by atoms with van der Waals surface area (Å²) in [5, 5.41) is 2.01. The van der Waals surface area contributed by atoms with Crippen molar-refractivity contribution in [2.45, 2.75) is 24.0 Å². The van der Waals surface area contributed by atoms with E-state index in [4.69, 9.17) is 0 Å². The third kappa shape index (κ3) is 1.67. The minimum Gasteiger partial charge on any atom is -0.349 e. The lowest BCUT2D eigenvalue weighted by Crippen LogP contribution is -1.84. The minimum atomic E-state index is 0.640. The Hall–Kier alpha value is -0.890. The van der Waals surface area contributed by atoms with Gasteiger partial charge in [-0.25, -0.2) is 0 Å². The average molecular weight is 205 g/mol. The molecule has 0 spiro atoms. The summed E-state index contributed by atoms with van der Waals surface area (Å²) in [6, 6.07) is 8.55. The molecule has 0 radical (unpaired) electrons. The maximum atomic E-state index is 2.23. The minimum absolute atomic E-state index is 0.640. The van der Waals surface area contributed by atoms with E-state index in [0.717, 1.165) is 0 Å². The van der Waals surface area contributed by atoms with E-state index in [-0.39, 0.29) is 0 Å². The smallest absolute Gasteiger partial charge is 0.0489 e. The quantitative estimate of drug-likeness (QED) is 0.677. The van der Waals surface area contributed by atoms with E-state index in [1.54, 1.807) is 0 Å². The van der Waals surface area contributed by atoms with E-state index in [0.29, 0.717) is 5.25 Å². The third-order valence-electron chi connectivity index (χ3n) is 2.22. The SMILES string of the molecule is CC(C)Sc1cn(C)c2ccccc12. The summed E-state index contributed by atoms with van der Waals surface area (Å²) in [7, 11) is 2.10. The van der Waals surface area contributed by atoms with Crippen molar-refractivity contribution in [3.05, 3.63) is 30.5 Å². The zero-order chi connectivity index (χ0) is 10.1. The number of hydrogen-bond donors (Lipinski definition) is 0. The largest absolute Gasteiger partial charge is 0.349 e. The van der Waals surface area contributed by atoms with Crippen molar-refractivity contribution in [3.8, 4) is 0 Å². The predicted molar refractivity (Wildman–Crippen MR) is 63.9 cm³/mol. The summed E-state index contributed by atoms with van der Waals surface area (Å²) in [6.07, 6.45) is 2.22. The fourth-order valence-electron chi connectivity index (χ4n) is 1.65. The number of thioether (sulfide) groups is 1. The molecule has 0 amide bonds. The molecule has 0 fully saturated rings. The van der Waals surface area contributed by atoms with Crippen LogP contribution in [0.25, 0.3) is 10.9 Å². The molecule has 0 atom stereocenters. The molecule has 1 aromatic heterocycles. The number of hydrogen-bond acceptors (Lipinski definition) is 1. The van der Waals surface area contributed by atoms with E-state index in [1.165, 1.54) is 15.8 Å². The van der Waals surface area contributed by atoms with Crippen molar-refractivity contribution in [3.63, 3.8) is 0 Å². The van der Waals surface area contributed by atoms with Crippen LogP contribution < -0.4 is 0 Å². The molecular weight excluding hydrogens is 190 g/mol. The molecule has 0 aliphatic rings. The molecule has 0 aliphatic carbocycles. The van der Waals surface area contributed by atoms with Gasteiger partial charge in [0.05, 0.1) is 0 Å². The summed E-state index contributed by atoms with van der Waals surface area (Å²) in [6.45, 7) is 4.46. The monoisotopic (exact) mass is 205 g/mol. The van der Waals surface area contributed by atoms with Crippen molar-refractivity contribution in [1.82, 2.24) is 4.57 Å². The number of aryl methyl sites for hydroxylation is 1. The summed E-state index contributed by atoms with van der Waals surface area (Å²) < 4.78 is 2.19. The topological polar surface area (TPSA) is 4.93 Å². The van der Waals surface area contributed by atoms with E-state index >= 15 is 0 Å². The molecule has 1 heterocycles. The zero-order valence-corrected chi connectivity index (χ0v) is 9.64. The third-order valence-corrected chi connectivity index (χ3v) is 3.27. The highest BCUT2D eigenvalue weighted by Crippen LogP contribution is 2.31. The van der Waals surface area contributed by atoms with Gasteiger partial charge in [0.2, 0.25) is 0 Å². The van der Waals surface area contributed by atoms with E-state index in [2.05, 4.69) is 55.9 Å².